The van der Waals surface area contributed by atoms with E-state index in [-0.39, 0.29) is 24.0 Å². The maximum Gasteiger partial charge on any atom is 0.193 e. The van der Waals surface area contributed by atoms with Gasteiger partial charge in [-0.25, -0.2) is 4.98 Å². The van der Waals surface area contributed by atoms with Crippen molar-refractivity contribution in [1.82, 2.24) is 15.2 Å². The van der Waals surface area contributed by atoms with Crippen molar-refractivity contribution in [3.8, 4) is 0 Å². The topological polar surface area (TPSA) is 40.5 Å². The summed E-state index contributed by atoms with van der Waals surface area (Å²) in [4.78, 5) is 11.1. The molecule has 0 atom stereocenters. The number of hydrogen-bond donors (Lipinski definition) is 1. The van der Waals surface area contributed by atoms with Gasteiger partial charge in [-0.1, -0.05) is 24.3 Å². The van der Waals surface area contributed by atoms with Crippen molar-refractivity contribution in [3.05, 3.63) is 51.5 Å². The number of guanidine groups is 1. The van der Waals surface area contributed by atoms with Crippen LogP contribution >= 0.6 is 35.3 Å². The molecule has 0 aliphatic heterocycles. The molecule has 138 valence electrons. The number of unbranched alkanes of at least 4 members (excludes halogenated alkanes) is 1. The Morgan fingerprint density at radius 2 is 2.00 bits per heavy atom. The molecule has 6 heteroatoms. The molecule has 0 fully saturated rings. The second-order valence-corrected chi connectivity index (χ2v) is 7.04. The Hall–Kier alpha value is -1.15. The van der Waals surface area contributed by atoms with Crippen LogP contribution in [0.3, 0.4) is 0 Å². The molecule has 1 aromatic carbocycles. The first-order valence-corrected chi connectivity index (χ1v) is 9.35. The van der Waals surface area contributed by atoms with Crippen LogP contribution in [0.1, 0.15) is 34.7 Å². The first-order valence-electron chi connectivity index (χ1n) is 8.47. The molecule has 0 saturated heterocycles. The number of aryl methyl sites for hydroxylation is 3. The van der Waals surface area contributed by atoms with Gasteiger partial charge in [-0.05, 0) is 44.2 Å². The van der Waals surface area contributed by atoms with E-state index in [4.69, 9.17) is 0 Å². The summed E-state index contributed by atoms with van der Waals surface area (Å²) in [5, 5.41) is 6.82. The normalized spacial score (nSPS) is 11.1. The van der Waals surface area contributed by atoms with Gasteiger partial charge in [0.05, 0.1) is 5.01 Å². The molecule has 1 aromatic heterocycles. The number of nitrogens with one attached hydrogen (secondary N) is 1. The quantitative estimate of drug-likeness (QED) is 0.281. The van der Waals surface area contributed by atoms with E-state index in [1.807, 2.05) is 7.05 Å². The summed E-state index contributed by atoms with van der Waals surface area (Å²) in [5.74, 6) is 0.948. The molecule has 2 rings (SSSR count). The fourth-order valence-electron chi connectivity index (χ4n) is 2.62. The summed E-state index contributed by atoms with van der Waals surface area (Å²) in [6.07, 6.45) is 3.34. The van der Waals surface area contributed by atoms with Crippen LogP contribution in [0, 0.1) is 13.8 Å². The minimum absolute atomic E-state index is 0. The van der Waals surface area contributed by atoms with Crippen molar-refractivity contribution in [2.75, 3.05) is 20.6 Å². The van der Waals surface area contributed by atoms with Crippen molar-refractivity contribution in [2.45, 2.75) is 39.7 Å². The van der Waals surface area contributed by atoms with Gasteiger partial charge in [0.1, 0.15) is 0 Å². The number of hydrogen-bond acceptors (Lipinski definition) is 3. The van der Waals surface area contributed by atoms with Gasteiger partial charge >= 0.3 is 0 Å². The van der Waals surface area contributed by atoms with Crippen LogP contribution in [0.4, 0.5) is 0 Å². The van der Waals surface area contributed by atoms with Gasteiger partial charge in [0.15, 0.2) is 5.96 Å². The fraction of sp³-hybridized carbons (Fsp3) is 0.474. The Labute approximate surface area is 172 Å². The standard InChI is InChI=1S/C19H28N4S.HI/c1-15-9-5-6-10-17(15)13-23(4)19(20-3)21-12-8-7-11-18-22-16(2)14-24-18;/h5-6,9-10,14H,7-8,11-13H2,1-4H3,(H,20,21);1H. The average Bonchev–Trinajstić information content (AvgIpc) is 2.98. The molecular formula is C19H29IN4S. The molecule has 0 saturated carbocycles. The second kappa shape index (κ2) is 11.5. The first-order chi connectivity index (χ1) is 11.6. The van der Waals surface area contributed by atoms with Crippen LogP contribution in [0.25, 0.3) is 0 Å². The Balaban J connectivity index is 0.00000312. The zero-order valence-electron chi connectivity index (χ0n) is 15.6. The predicted molar refractivity (Wildman–Crippen MR) is 119 cm³/mol. The van der Waals surface area contributed by atoms with Crippen molar-refractivity contribution in [1.29, 1.82) is 0 Å². The van der Waals surface area contributed by atoms with Crippen molar-refractivity contribution < 1.29 is 0 Å². The summed E-state index contributed by atoms with van der Waals surface area (Å²) in [6, 6.07) is 8.50. The Morgan fingerprint density at radius 1 is 1.24 bits per heavy atom. The van der Waals surface area contributed by atoms with E-state index >= 15 is 0 Å². The Kier molecular flexibility index (Phi) is 10.0. The van der Waals surface area contributed by atoms with Crippen LogP contribution in [-0.4, -0.2) is 36.5 Å². The lowest BCUT2D eigenvalue weighted by Crippen LogP contribution is -2.39. The highest BCUT2D eigenvalue weighted by Crippen LogP contribution is 2.12. The Morgan fingerprint density at radius 3 is 2.64 bits per heavy atom. The number of aliphatic imine (C=N–C) groups is 1. The van der Waals surface area contributed by atoms with Crippen LogP contribution in [0.2, 0.25) is 0 Å². The lowest BCUT2D eigenvalue weighted by atomic mass is 10.1. The first kappa shape index (κ1) is 21.9. The van der Waals surface area contributed by atoms with E-state index in [9.17, 15) is 0 Å². The third kappa shape index (κ3) is 7.32. The number of benzene rings is 1. The molecule has 0 bridgehead atoms. The molecule has 2 aromatic rings. The summed E-state index contributed by atoms with van der Waals surface area (Å²) >= 11 is 1.76. The summed E-state index contributed by atoms with van der Waals surface area (Å²) in [5.41, 5.74) is 3.78. The average molecular weight is 472 g/mol. The lowest BCUT2D eigenvalue weighted by Gasteiger charge is -2.23. The van der Waals surface area contributed by atoms with Gasteiger partial charge in [0, 0.05) is 38.3 Å². The molecular weight excluding hydrogens is 443 g/mol. The summed E-state index contributed by atoms with van der Waals surface area (Å²) in [6.45, 7) is 6.01. The van der Waals surface area contributed by atoms with E-state index in [1.54, 1.807) is 11.3 Å². The van der Waals surface area contributed by atoms with Crippen molar-refractivity contribution in [2.24, 2.45) is 4.99 Å². The van der Waals surface area contributed by atoms with Gasteiger partial charge in [-0.2, -0.15) is 0 Å². The summed E-state index contributed by atoms with van der Waals surface area (Å²) < 4.78 is 0. The van der Waals surface area contributed by atoms with E-state index < -0.39 is 0 Å². The van der Waals surface area contributed by atoms with Crippen LogP contribution in [0.5, 0.6) is 0 Å². The highest BCUT2D eigenvalue weighted by atomic mass is 127. The van der Waals surface area contributed by atoms with Gasteiger partial charge in [0.25, 0.3) is 0 Å². The maximum absolute atomic E-state index is 4.51. The van der Waals surface area contributed by atoms with Crippen molar-refractivity contribution >= 4 is 41.3 Å². The zero-order valence-corrected chi connectivity index (χ0v) is 18.7. The molecule has 4 nitrogen and oxygen atoms in total. The smallest absolute Gasteiger partial charge is 0.193 e. The molecule has 0 spiro atoms. The molecule has 0 aliphatic rings. The number of aromatic nitrogens is 1. The van der Waals surface area contributed by atoms with Gasteiger partial charge in [0.2, 0.25) is 0 Å². The SMILES string of the molecule is CN=C(NCCCCc1nc(C)cs1)N(C)Cc1ccccc1C.I. The monoisotopic (exact) mass is 472 g/mol. The van der Waals surface area contributed by atoms with E-state index in [1.165, 1.54) is 16.1 Å². The Bertz CT molecular complexity index is 669. The van der Waals surface area contributed by atoms with Crippen LogP contribution < -0.4 is 5.32 Å². The van der Waals surface area contributed by atoms with Crippen molar-refractivity contribution in [3.63, 3.8) is 0 Å². The fourth-order valence-corrected chi connectivity index (χ4v) is 3.44. The zero-order chi connectivity index (χ0) is 17.4. The number of halogens is 1. The highest BCUT2D eigenvalue weighted by Gasteiger charge is 2.07. The molecule has 1 N–H and O–H groups in total. The maximum atomic E-state index is 4.51. The van der Waals surface area contributed by atoms with E-state index in [2.05, 4.69) is 70.7 Å². The molecule has 25 heavy (non-hydrogen) atoms. The third-order valence-electron chi connectivity index (χ3n) is 4.01. The molecule has 0 unspecified atom stereocenters. The summed E-state index contributed by atoms with van der Waals surface area (Å²) in [7, 11) is 3.93. The third-order valence-corrected chi connectivity index (χ3v) is 5.04. The number of nitrogens with zero attached hydrogens (tertiary/aromatic N) is 3. The van der Waals surface area contributed by atoms with Gasteiger partial charge in [-0.15, -0.1) is 35.3 Å². The number of rotatable bonds is 7. The lowest BCUT2D eigenvalue weighted by molar-refractivity contribution is 0.473. The highest BCUT2D eigenvalue weighted by molar-refractivity contribution is 14.0. The number of thiazole rings is 1. The minimum atomic E-state index is 0. The van der Waals surface area contributed by atoms with Gasteiger partial charge in [-0.3, -0.25) is 4.99 Å². The van der Waals surface area contributed by atoms with Gasteiger partial charge < -0.3 is 10.2 Å². The van der Waals surface area contributed by atoms with Crippen LogP contribution in [-0.2, 0) is 13.0 Å². The second-order valence-electron chi connectivity index (χ2n) is 6.10. The molecule has 0 amide bonds. The molecule has 1 heterocycles. The van der Waals surface area contributed by atoms with Crippen LogP contribution in [0.15, 0.2) is 34.6 Å². The minimum Gasteiger partial charge on any atom is -0.356 e. The van der Waals surface area contributed by atoms with E-state index in [0.717, 1.165) is 44.0 Å². The van der Waals surface area contributed by atoms with E-state index in [0.29, 0.717) is 0 Å². The molecule has 0 aliphatic carbocycles. The predicted octanol–water partition coefficient (Wildman–Crippen LogP) is 4.41. The largest absolute Gasteiger partial charge is 0.356 e. The molecule has 0 radical (unpaired) electrons.